The summed E-state index contributed by atoms with van der Waals surface area (Å²) in [4.78, 5) is 11.2. The monoisotopic (exact) mass is 468 g/mol. The zero-order valence-electron chi connectivity index (χ0n) is 15.7. The molecule has 2 heterocycles. The van der Waals surface area contributed by atoms with Crippen molar-refractivity contribution in [2.24, 2.45) is 0 Å². The van der Waals surface area contributed by atoms with Crippen LogP contribution in [-0.2, 0) is 16.6 Å². The van der Waals surface area contributed by atoms with Gasteiger partial charge in [-0.25, -0.2) is 17.8 Å². The molecule has 1 aliphatic heterocycles. The molecule has 11 heteroatoms. The first kappa shape index (κ1) is 21.0. The molecule has 2 aromatic carbocycles. The Morgan fingerprint density at radius 3 is 2.77 bits per heavy atom. The second-order valence-corrected chi connectivity index (χ2v) is 9.45. The normalized spacial score (nSPS) is 15.4. The SMILES string of the molecule is O=S(=O)(Nc1cscn1)c1cc(Cl)c(ON2CCN(Cc3ccccc3)C2)cc1F. The maximum Gasteiger partial charge on any atom is 0.266 e. The smallest absolute Gasteiger partial charge is 0.266 e. The summed E-state index contributed by atoms with van der Waals surface area (Å²) in [5, 5.41) is 3.16. The first-order chi connectivity index (χ1) is 14.4. The van der Waals surface area contributed by atoms with E-state index in [1.807, 2.05) is 18.2 Å². The summed E-state index contributed by atoms with van der Waals surface area (Å²) in [6.45, 7) is 2.66. The van der Waals surface area contributed by atoms with Gasteiger partial charge in [0.15, 0.2) is 11.6 Å². The highest BCUT2D eigenvalue weighted by molar-refractivity contribution is 7.92. The minimum Gasteiger partial charge on any atom is -0.403 e. The molecule has 1 N–H and O–H groups in total. The number of hydrogen-bond donors (Lipinski definition) is 1. The molecular formula is C19H18ClFN4O3S2. The molecule has 1 saturated heterocycles. The number of thiazole rings is 1. The van der Waals surface area contributed by atoms with Crippen molar-refractivity contribution in [2.75, 3.05) is 24.5 Å². The lowest BCUT2D eigenvalue weighted by Gasteiger charge is -2.19. The summed E-state index contributed by atoms with van der Waals surface area (Å²) in [6.07, 6.45) is 0. The van der Waals surface area contributed by atoms with Crippen LogP contribution in [0.15, 0.2) is 58.3 Å². The molecule has 30 heavy (non-hydrogen) atoms. The maximum absolute atomic E-state index is 14.6. The molecule has 1 aliphatic rings. The summed E-state index contributed by atoms with van der Waals surface area (Å²) in [6, 6.07) is 12.1. The van der Waals surface area contributed by atoms with E-state index in [4.69, 9.17) is 16.4 Å². The molecule has 158 valence electrons. The highest BCUT2D eigenvalue weighted by Gasteiger charge is 2.26. The first-order valence-electron chi connectivity index (χ1n) is 9.00. The van der Waals surface area contributed by atoms with Crippen LogP contribution in [0, 0.1) is 5.82 Å². The predicted molar refractivity (Wildman–Crippen MR) is 113 cm³/mol. The number of nitrogens with zero attached hydrogens (tertiary/aromatic N) is 3. The van der Waals surface area contributed by atoms with Crippen molar-refractivity contribution >= 4 is 38.8 Å². The summed E-state index contributed by atoms with van der Waals surface area (Å²) in [7, 11) is -4.17. The molecule has 3 aromatic rings. The number of nitrogens with one attached hydrogen (secondary N) is 1. The number of halogens is 2. The number of aromatic nitrogens is 1. The summed E-state index contributed by atoms with van der Waals surface area (Å²) < 4.78 is 41.7. The van der Waals surface area contributed by atoms with Crippen LogP contribution in [0.1, 0.15) is 5.56 Å². The van der Waals surface area contributed by atoms with Gasteiger partial charge in [-0.05, 0) is 11.6 Å². The Morgan fingerprint density at radius 1 is 1.23 bits per heavy atom. The fourth-order valence-electron chi connectivity index (χ4n) is 3.04. The van der Waals surface area contributed by atoms with Gasteiger partial charge in [-0.15, -0.1) is 16.4 Å². The summed E-state index contributed by atoms with van der Waals surface area (Å²) in [5.74, 6) is -0.785. The van der Waals surface area contributed by atoms with Gasteiger partial charge in [0.1, 0.15) is 10.7 Å². The Bertz CT molecular complexity index is 1110. The molecule has 1 fully saturated rings. The average Bonchev–Trinajstić information content (AvgIpc) is 3.37. The Kier molecular flexibility index (Phi) is 6.21. The number of benzene rings is 2. The Balaban J connectivity index is 1.44. The highest BCUT2D eigenvalue weighted by Crippen LogP contribution is 2.32. The molecule has 0 bridgehead atoms. The third-order valence-electron chi connectivity index (χ3n) is 4.45. The van der Waals surface area contributed by atoms with Crippen LogP contribution in [-0.4, -0.2) is 43.1 Å². The van der Waals surface area contributed by atoms with Crippen LogP contribution in [0.5, 0.6) is 5.75 Å². The minimum atomic E-state index is -4.17. The predicted octanol–water partition coefficient (Wildman–Crippen LogP) is 3.81. The molecule has 4 rings (SSSR count). The van der Waals surface area contributed by atoms with E-state index < -0.39 is 20.7 Å². The van der Waals surface area contributed by atoms with Crippen molar-refractivity contribution in [3.05, 3.63) is 69.8 Å². The van der Waals surface area contributed by atoms with Crippen molar-refractivity contribution in [1.82, 2.24) is 14.9 Å². The quantitative estimate of drug-likeness (QED) is 0.568. The fourth-order valence-corrected chi connectivity index (χ4v) is 4.95. The fraction of sp³-hybridized carbons (Fsp3) is 0.211. The standard InChI is InChI=1S/C19H18ClFN4O3S2/c20-15-8-18(30(26,27)23-19-11-29-12-22-19)16(21)9-17(15)28-25-7-6-24(13-25)10-14-4-2-1-3-5-14/h1-5,8-9,11-12,23H,6-7,10,13H2. The zero-order valence-corrected chi connectivity index (χ0v) is 18.1. The van der Waals surface area contributed by atoms with Crippen molar-refractivity contribution in [3.8, 4) is 5.75 Å². The summed E-state index contributed by atoms with van der Waals surface area (Å²) in [5.41, 5.74) is 2.65. The molecule has 0 unspecified atom stereocenters. The lowest BCUT2D eigenvalue weighted by molar-refractivity contribution is -0.0496. The lowest BCUT2D eigenvalue weighted by Crippen LogP contribution is -2.28. The van der Waals surface area contributed by atoms with Crippen LogP contribution in [0.25, 0.3) is 0 Å². The third kappa shape index (κ3) is 4.90. The Labute approximate surface area is 182 Å². The molecule has 7 nitrogen and oxygen atoms in total. The van der Waals surface area contributed by atoms with Crippen LogP contribution in [0.4, 0.5) is 10.2 Å². The molecule has 1 aromatic heterocycles. The van der Waals surface area contributed by atoms with Crippen molar-refractivity contribution in [2.45, 2.75) is 11.4 Å². The van der Waals surface area contributed by atoms with E-state index in [1.165, 1.54) is 27.8 Å². The van der Waals surface area contributed by atoms with E-state index in [-0.39, 0.29) is 16.6 Å². The number of hydrogen-bond acceptors (Lipinski definition) is 7. The van der Waals surface area contributed by atoms with Gasteiger partial charge in [0.05, 0.1) is 17.2 Å². The molecule has 0 radical (unpaired) electrons. The second kappa shape index (κ2) is 8.86. The van der Waals surface area contributed by atoms with Crippen LogP contribution in [0.3, 0.4) is 0 Å². The third-order valence-corrected chi connectivity index (χ3v) is 6.70. The largest absolute Gasteiger partial charge is 0.403 e. The van der Waals surface area contributed by atoms with Gasteiger partial charge < -0.3 is 4.84 Å². The van der Waals surface area contributed by atoms with Gasteiger partial charge in [-0.2, -0.15) is 0 Å². The molecule has 0 aliphatic carbocycles. The van der Waals surface area contributed by atoms with Crippen LogP contribution >= 0.6 is 22.9 Å². The lowest BCUT2D eigenvalue weighted by atomic mass is 10.2. The van der Waals surface area contributed by atoms with Gasteiger partial charge in [0.25, 0.3) is 10.0 Å². The topological polar surface area (TPSA) is 74.8 Å². The van der Waals surface area contributed by atoms with E-state index in [0.29, 0.717) is 13.2 Å². The number of anilines is 1. The molecule has 0 atom stereocenters. The minimum absolute atomic E-state index is 0.00318. The van der Waals surface area contributed by atoms with Gasteiger partial charge in [-0.1, -0.05) is 41.9 Å². The van der Waals surface area contributed by atoms with Gasteiger partial charge in [-0.3, -0.25) is 9.62 Å². The Morgan fingerprint density at radius 2 is 2.03 bits per heavy atom. The average molecular weight is 469 g/mol. The zero-order chi connectivity index (χ0) is 21.1. The van der Waals surface area contributed by atoms with Crippen molar-refractivity contribution in [1.29, 1.82) is 0 Å². The maximum atomic E-state index is 14.6. The van der Waals surface area contributed by atoms with Gasteiger partial charge in [0, 0.05) is 31.1 Å². The van der Waals surface area contributed by atoms with Crippen LogP contribution in [0.2, 0.25) is 5.02 Å². The van der Waals surface area contributed by atoms with Gasteiger partial charge in [0.2, 0.25) is 0 Å². The van der Waals surface area contributed by atoms with E-state index in [9.17, 15) is 12.8 Å². The number of hydroxylamine groups is 2. The molecular weight excluding hydrogens is 451 g/mol. The second-order valence-electron chi connectivity index (χ2n) is 6.67. The molecule has 0 amide bonds. The number of sulfonamides is 1. The van der Waals surface area contributed by atoms with E-state index in [2.05, 4.69) is 26.7 Å². The summed E-state index contributed by atoms with van der Waals surface area (Å²) >= 11 is 7.41. The van der Waals surface area contributed by atoms with Crippen LogP contribution < -0.4 is 9.56 Å². The van der Waals surface area contributed by atoms with Crippen molar-refractivity contribution < 1.29 is 17.6 Å². The van der Waals surface area contributed by atoms with Crippen molar-refractivity contribution in [3.63, 3.8) is 0 Å². The molecule has 0 spiro atoms. The van der Waals surface area contributed by atoms with E-state index >= 15 is 0 Å². The van der Waals surface area contributed by atoms with E-state index in [1.54, 1.807) is 5.06 Å². The first-order valence-corrected chi connectivity index (χ1v) is 11.8. The Hall–Kier alpha value is -2.24. The van der Waals surface area contributed by atoms with E-state index in [0.717, 1.165) is 25.2 Å². The highest BCUT2D eigenvalue weighted by atomic mass is 35.5. The molecule has 0 saturated carbocycles. The van der Waals surface area contributed by atoms with Gasteiger partial charge >= 0.3 is 0 Å². The number of rotatable bonds is 7.